The minimum absolute atomic E-state index is 0.262. The van der Waals surface area contributed by atoms with Crippen molar-refractivity contribution in [2.75, 3.05) is 10.7 Å². The Labute approximate surface area is 171 Å². The molecule has 0 fully saturated rings. The van der Waals surface area contributed by atoms with Gasteiger partial charge in [-0.2, -0.15) is 4.68 Å². The van der Waals surface area contributed by atoms with Crippen LogP contribution in [0.3, 0.4) is 0 Å². The monoisotopic (exact) mass is 399 g/mol. The van der Waals surface area contributed by atoms with Crippen molar-refractivity contribution in [2.45, 2.75) is 0 Å². The summed E-state index contributed by atoms with van der Waals surface area (Å²) in [5.41, 5.74) is 4.66. The molecule has 30 heavy (non-hydrogen) atoms. The third-order valence-corrected chi connectivity index (χ3v) is 4.47. The molecule has 0 atom stereocenters. The zero-order valence-corrected chi connectivity index (χ0v) is 15.8. The van der Waals surface area contributed by atoms with E-state index in [2.05, 4.69) is 22.3 Å². The number of para-hydroxylation sites is 1. The van der Waals surface area contributed by atoms with E-state index in [0.717, 1.165) is 10.8 Å². The van der Waals surface area contributed by atoms with E-state index in [1.165, 1.54) is 17.0 Å². The molecule has 2 aromatic heterocycles. The normalized spacial score (nSPS) is 10.5. The third kappa shape index (κ3) is 3.49. The highest BCUT2D eigenvalue weighted by atomic mass is 16.2. The van der Waals surface area contributed by atoms with Crippen LogP contribution in [0.1, 0.15) is 10.4 Å². The van der Waals surface area contributed by atoms with Gasteiger partial charge in [0, 0.05) is 17.4 Å². The molecule has 0 aliphatic heterocycles. The Bertz CT molecular complexity index is 1300. The number of carbonyl (C=O) groups excluding carboxylic acids is 2. The van der Waals surface area contributed by atoms with Crippen molar-refractivity contribution in [1.82, 2.24) is 14.2 Å². The van der Waals surface area contributed by atoms with Crippen molar-refractivity contribution in [2.24, 2.45) is 0 Å². The summed E-state index contributed by atoms with van der Waals surface area (Å²) < 4.78 is 2.54. The Hall–Kier alpha value is -4.46. The first-order valence-electron chi connectivity index (χ1n) is 9.06. The lowest BCUT2D eigenvalue weighted by atomic mass is 10.2. The first-order chi connectivity index (χ1) is 14.6. The topological polar surface area (TPSA) is 98.0 Å². The number of fused-ring (bicyclic) bond motifs is 1. The lowest BCUT2D eigenvalue weighted by Crippen LogP contribution is -2.32. The van der Waals surface area contributed by atoms with Gasteiger partial charge in [-0.15, -0.1) is 0 Å². The minimum atomic E-state index is -0.513. The molecule has 0 radical (unpaired) electrons. The second-order valence-corrected chi connectivity index (χ2v) is 6.36. The average Bonchev–Trinajstić information content (AvgIpc) is 3.06. The highest BCUT2D eigenvalue weighted by molar-refractivity contribution is 6.04. The van der Waals surface area contributed by atoms with E-state index < -0.39 is 11.6 Å². The van der Waals surface area contributed by atoms with Crippen LogP contribution < -0.4 is 16.4 Å². The molecule has 2 aromatic carbocycles. The first-order valence-corrected chi connectivity index (χ1v) is 9.06. The summed E-state index contributed by atoms with van der Waals surface area (Å²) in [4.78, 5) is 41.2. The maximum Gasteiger partial charge on any atom is 0.352 e. The maximum atomic E-state index is 13.0. The molecule has 0 unspecified atom stereocenters. The molecule has 0 spiro atoms. The smallest absolute Gasteiger partial charge is 0.322 e. The number of amides is 2. The Morgan fingerprint density at radius 3 is 2.40 bits per heavy atom. The van der Waals surface area contributed by atoms with Crippen LogP contribution in [0.2, 0.25) is 0 Å². The summed E-state index contributed by atoms with van der Waals surface area (Å²) in [6.45, 7) is 3.40. The summed E-state index contributed by atoms with van der Waals surface area (Å²) in [6.07, 6.45) is 4.14. The van der Waals surface area contributed by atoms with Crippen LogP contribution in [0.4, 0.5) is 5.69 Å². The quantitative estimate of drug-likeness (QED) is 0.504. The highest BCUT2D eigenvalue weighted by Gasteiger charge is 2.16. The molecule has 2 heterocycles. The fraction of sp³-hybridized carbons (Fsp3) is 0. The first kappa shape index (κ1) is 18.9. The maximum absolute atomic E-state index is 13.0. The number of nitrogens with zero attached hydrogens (tertiary/aromatic N) is 3. The number of hydrogen-bond donors (Lipinski definition) is 2. The molecule has 148 valence electrons. The van der Waals surface area contributed by atoms with Crippen molar-refractivity contribution in [3.05, 3.63) is 102 Å². The van der Waals surface area contributed by atoms with Crippen molar-refractivity contribution in [3.63, 3.8) is 0 Å². The number of hydrogen-bond acceptors (Lipinski definition) is 4. The zero-order chi connectivity index (χ0) is 21.1. The Morgan fingerprint density at radius 1 is 0.967 bits per heavy atom. The van der Waals surface area contributed by atoms with Gasteiger partial charge in [-0.25, -0.2) is 4.79 Å². The number of anilines is 1. The second kappa shape index (κ2) is 7.88. The molecule has 8 heteroatoms. The Kier molecular flexibility index (Phi) is 4.96. The fourth-order valence-corrected chi connectivity index (χ4v) is 3.05. The average molecular weight is 399 g/mol. The summed E-state index contributed by atoms with van der Waals surface area (Å²) in [5.74, 6) is -0.775. The fourth-order valence-electron chi connectivity index (χ4n) is 3.05. The molecular formula is C22H17N5O3. The van der Waals surface area contributed by atoms with Gasteiger partial charge in [0.25, 0.3) is 11.8 Å². The molecule has 4 rings (SSSR count). The number of imidazole rings is 1. The molecule has 0 aliphatic carbocycles. The van der Waals surface area contributed by atoms with Crippen LogP contribution in [0.15, 0.2) is 90.5 Å². The number of rotatable bonds is 5. The van der Waals surface area contributed by atoms with Gasteiger partial charge in [0.2, 0.25) is 0 Å². The van der Waals surface area contributed by atoms with Crippen molar-refractivity contribution in [3.8, 4) is 5.69 Å². The number of carbonyl (C=O) groups is 2. The van der Waals surface area contributed by atoms with E-state index in [-0.39, 0.29) is 5.91 Å². The van der Waals surface area contributed by atoms with Crippen LogP contribution in [0.25, 0.3) is 16.7 Å². The Balaban J connectivity index is 1.70. The summed E-state index contributed by atoms with van der Waals surface area (Å²) in [6, 6.07) is 17.3. The predicted octanol–water partition coefficient (Wildman–Crippen LogP) is 2.70. The van der Waals surface area contributed by atoms with Crippen molar-refractivity contribution < 1.29 is 9.59 Å². The molecule has 0 saturated heterocycles. The minimum Gasteiger partial charge on any atom is -0.322 e. The van der Waals surface area contributed by atoms with Crippen molar-refractivity contribution in [1.29, 1.82) is 0 Å². The van der Waals surface area contributed by atoms with Crippen LogP contribution >= 0.6 is 0 Å². The van der Waals surface area contributed by atoms with Crippen LogP contribution in [-0.2, 0) is 4.79 Å². The molecule has 2 N–H and O–H groups in total. The zero-order valence-electron chi connectivity index (χ0n) is 15.8. The number of nitrogens with one attached hydrogen (secondary N) is 2. The largest absolute Gasteiger partial charge is 0.352 e. The van der Waals surface area contributed by atoms with Gasteiger partial charge in [0.05, 0.1) is 22.9 Å². The van der Waals surface area contributed by atoms with Gasteiger partial charge >= 0.3 is 5.69 Å². The summed E-state index contributed by atoms with van der Waals surface area (Å²) in [5, 5.41) is 2.81. The lowest BCUT2D eigenvalue weighted by molar-refractivity contribution is -0.112. The number of aromatic nitrogens is 3. The van der Waals surface area contributed by atoms with Crippen LogP contribution in [0, 0.1) is 0 Å². The van der Waals surface area contributed by atoms with Gasteiger partial charge in [-0.1, -0.05) is 24.8 Å². The van der Waals surface area contributed by atoms with Gasteiger partial charge in [-0.05, 0) is 48.5 Å². The summed E-state index contributed by atoms with van der Waals surface area (Å²) in [7, 11) is 0. The standard InChI is InChI=1S/C22H17N5O3/c1-2-20(28)25-27-18-12-13-23-14-19(18)26(22(27)30)17-10-8-15(9-11-17)21(29)24-16-6-4-3-5-7-16/h2-14H,1H2,(H,24,29)(H,25,28). The van der Waals surface area contributed by atoms with Gasteiger partial charge < -0.3 is 5.32 Å². The van der Waals surface area contributed by atoms with E-state index in [1.807, 2.05) is 18.2 Å². The lowest BCUT2D eigenvalue weighted by Gasteiger charge is -2.07. The van der Waals surface area contributed by atoms with Gasteiger partial charge in [0.1, 0.15) is 0 Å². The van der Waals surface area contributed by atoms with E-state index in [4.69, 9.17) is 0 Å². The molecule has 0 bridgehead atoms. The van der Waals surface area contributed by atoms with Crippen LogP contribution in [0.5, 0.6) is 0 Å². The molecule has 0 saturated carbocycles. The van der Waals surface area contributed by atoms with Crippen LogP contribution in [-0.4, -0.2) is 26.0 Å². The van der Waals surface area contributed by atoms with E-state index >= 15 is 0 Å². The van der Waals surface area contributed by atoms with E-state index in [1.54, 1.807) is 42.5 Å². The SMILES string of the molecule is C=CC(=O)Nn1c(=O)n(-c2ccc(C(=O)Nc3ccccc3)cc2)c2cnccc21. The highest BCUT2D eigenvalue weighted by Crippen LogP contribution is 2.17. The molecule has 8 nitrogen and oxygen atoms in total. The number of benzene rings is 2. The molecule has 2 amide bonds. The summed E-state index contributed by atoms with van der Waals surface area (Å²) >= 11 is 0. The predicted molar refractivity (Wildman–Crippen MR) is 114 cm³/mol. The Morgan fingerprint density at radius 2 is 1.70 bits per heavy atom. The number of pyridine rings is 1. The second-order valence-electron chi connectivity index (χ2n) is 6.36. The molecule has 0 aliphatic rings. The molecule has 4 aromatic rings. The van der Waals surface area contributed by atoms with Gasteiger partial charge in [-0.3, -0.25) is 24.6 Å². The van der Waals surface area contributed by atoms with Crippen molar-refractivity contribution >= 4 is 28.5 Å². The third-order valence-electron chi connectivity index (χ3n) is 4.47. The molecular weight excluding hydrogens is 382 g/mol. The van der Waals surface area contributed by atoms with Gasteiger partial charge in [0.15, 0.2) is 0 Å². The van der Waals surface area contributed by atoms with E-state index in [0.29, 0.717) is 28.0 Å². The van der Waals surface area contributed by atoms with E-state index in [9.17, 15) is 14.4 Å².